The van der Waals surface area contributed by atoms with Gasteiger partial charge in [0.25, 0.3) is 0 Å². The van der Waals surface area contributed by atoms with Crippen LogP contribution in [-0.2, 0) is 4.79 Å². The van der Waals surface area contributed by atoms with Crippen LogP contribution in [0, 0.1) is 13.8 Å². The molecule has 2 rings (SSSR count). The van der Waals surface area contributed by atoms with Gasteiger partial charge in [-0.25, -0.2) is 5.43 Å². The average molecular weight is 328 g/mol. The summed E-state index contributed by atoms with van der Waals surface area (Å²) in [5, 5.41) is 3.99. The van der Waals surface area contributed by atoms with Crippen molar-refractivity contribution < 1.29 is 9.53 Å². The summed E-state index contributed by atoms with van der Waals surface area (Å²) in [4.78, 5) is 12.9. The maximum atomic E-state index is 11.8. The highest BCUT2D eigenvalue weighted by Crippen LogP contribution is 2.21. The lowest BCUT2D eigenvalue weighted by atomic mass is 10.1. The van der Waals surface area contributed by atoms with Crippen molar-refractivity contribution in [1.82, 2.24) is 5.43 Å². The van der Waals surface area contributed by atoms with E-state index in [1.165, 1.54) is 17.3 Å². The molecule has 0 atom stereocenters. The van der Waals surface area contributed by atoms with E-state index in [9.17, 15) is 4.79 Å². The third-order valence-corrected chi connectivity index (χ3v) is 4.46. The number of nitrogens with one attached hydrogen (secondary N) is 1. The second-order valence-corrected chi connectivity index (χ2v) is 6.09. The van der Waals surface area contributed by atoms with Crippen LogP contribution >= 0.6 is 11.8 Å². The highest BCUT2D eigenvalue weighted by Gasteiger charge is 2.03. The quantitative estimate of drug-likeness (QED) is 0.501. The van der Waals surface area contributed by atoms with Gasteiger partial charge in [0.05, 0.1) is 19.1 Å². The lowest BCUT2D eigenvalue weighted by Crippen LogP contribution is -2.19. The van der Waals surface area contributed by atoms with Gasteiger partial charge in [0, 0.05) is 4.90 Å². The molecule has 0 heterocycles. The van der Waals surface area contributed by atoms with Gasteiger partial charge in [-0.1, -0.05) is 30.3 Å². The van der Waals surface area contributed by atoms with Crippen molar-refractivity contribution in [2.45, 2.75) is 18.7 Å². The minimum atomic E-state index is -0.131. The molecule has 0 aromatic heterocycles. The Morgan fingerprint density at radius 2 is 2.00 bits per heavy atom. The van der Waals surface area contributed by atoms with Gasteiger partial charge in [-0.2, -0.15) is 5.10 Å². The Bertz CT molecular complexity index is 714. The molecule has 5 heteroatoms. The maximum absolute atomic E-state index is 11.8. The highest BCUT2D eigenvalue weighted by atomic mass is 32.2. The Kier molecular flexibility index (Phi) is 6.23. The summed E-state index contributed by atoms with van der Waals surface area (Å²) in [6, 6.07) is 13.8. The van der Waals surface area contributed by atoms with Gasteiger partial charge < -0.3 is 4.74 Å². The summed E-state index contributed by atoms with van der Waals surface area (Å²) in [5.41, 5.74) is 5.64. The Balaban J connectivity index is 1.85. The van der Waals surface area contributed by atoms with Gasteiger partial charge in [0.1, 0.15) is 5.75 Å². The number of aryl methyl sites for hydroxylation is 2. The fourth-order valence-electron chi connectivity index (χ4n) is 1.99. The van der Waals surface area contributed by atoms with E-state index in [1.807, 2.05) is 56.3 Å². The zero-order valence-corrected chi connectivity index (χ0v) is 14.3. The predicted molar refractivity (Wildman–Crippen MR) is 95.4 cm³/mol. The smallest absolute Gasteiger partial charge is 0.250 e. The molecule has 0 bridgehead atoms. The zero-order valence-electron chi connectivity index (χ0n) is 13.5. The number of carbonyl (C=O) groups excluding carboxylic acids is 1. The number of thioether (sulfide) groups is 1. The van der Waals surface area contributed by atoms with Crippen molar-refractivity contribution in [3.8, 4) is 5.75 Å². The molecule has 23 heavy (non-hydrogen) atoms. The Morgan fingerprint density at radius 3 is 2.74 bits per heavy atom. The Hall–Kier alpha value is -2.27. The Labute approximate surface area is 140 Å². The normalized spacial score (nSPS) is 10.7. The van der Waals surface area contributed by atoms with Gasteiger partial charge in [0.2, 0.25) is 5.91 Å². The number of hydrogen-bond acceptors (Lipinski definition) is 4. The lowest BCUT2D eigenvalue weighted by Gasteiger charge is -2.05. The predicted octanol–water partition coefficient (Wildman–Crippen LogP) is 3.55. The second kappa shape index (κ2) is 8.39. The summed E-state index contributed by atoms with van der Waals surface area (Å²) in [5.74, 6) is 1.00. The van der Waals surface area contributed by atoms with Crippen LogP contribution in [0.5, 0.6) is 5.75 Å². The number of hydrogen-bond donors (Lipinski definition) is 1. The molecule has 1 amide bonds. The minimum absolute atomic E-state index is 0.131. The molecule has 2 aromatic rings. The van der Waals surface area contributed by atoms with Crippen LogP contribution < -0.4 is 10.2 Å². The maximum Gasteiger partial charge on any atom is 0.250 e. The van der Waals surface area contributed by atoms with E-state index in [2.05, 4.69) is 10.5 Å². The molecule has 0 saturated carbocycles. The van der Waals surface area contributed by atoms with Crippen molar-refractivity contribution in [2.24, 2.45) is 5.10 Å². The monoisotopic (exact) mass is 328 g/mol. The molecule has 0 fully saturated rings. The van der Waals surface area contributed by atoms with Crippen molar-refractivity contribution in [1.29, 1.82) is 0 Å². The van der Waals surface area contributed by atoms with Crippen molar-refractivity contribution in [2.75, 3.05) is 12.9 Å². The second-order valence-electron chi connectivity index (χ2n) is 5.08. The molecular formula is C18H20N2O2S. The largest absolute Gasteiger partial charge is 0.496 e. The standard InChI is InChI=1S/C18H20N2O2S/c1-13-8-9-15(10-16(13)22-3)11-19-20-18(21)12-23-17-7-5-4-6-14(17)2/h4-11H,12H2,1-3H3,(H,20,21). The number of carbonyl (C=O) groups is 1. The highest BCUT2D eigenvalue weighted by molar-refractivity contribution is 8.00. The first kappa shape index (κ1) is 17.1. The zero-order chi connectivity index (χ0) is 16.7. The number of amides is 1. The van der Waals surface area contributed by atoms with Crippen molar-refractivity contribution >= 4 is 23.9 Å². The summed E-state index contributed by atoms with van der Waals surface area (Å²) in [6.07, 6.45) is 1.61. The van der Waals surface area contributed by atoms with E-state index in [-0.39, 0.29) is 5.91 Å². The number of methoxy groups -OCH3 is 1. The van der Waals surface area contributed by atoms with Crippen LogP contribution in [0.2, 0.25) is 0 Å². The molecule has 120 valence electrons. The van der Waals surface area contributed by atoms with Crippen LogP contribution in [-0.4, -0.2) is 25.0 Å². The Morgan fingerprint density at radius 1 is 1.22 bits per heavy atom. The van der Waals surface area contributed by atoms with E-state index >= 15 is 0 Å². The van der Waals surface area contributed by atoms with E-state index < -0.39 is 0 Å². The number of hydrazone groups is 1. The summed E-state index contributed by atoms with van der Waals surface area (Å²) in [7, 11) is 1.63. The topological polar surface area (TPSA) is 50.7 Å². The molecule has 0 spiro atoms. The third-order valence-electron chi connectivity index (χ3n) is 3.29. The van der Waals surface area contributed by atoms with Crippen LogP contribution in [0.15, 0.2) is 52.5 Å². The van der Waals surface area contributed by atoms with E-state index in [4.69, 9.17) is 4.74 Å². The molecule has 0 unspecified atom stereocenters. The van der Waals surface area contributed by atoms with Crippen LogP contribution in [0.4, 0.5) is 0 Å². The van der Waals surface area contributed by atoms with E-state index in [0.717, 1.165) is 21.8 Å². The molecule has 0 saturated heterocycles. The molecule has 1 N–H and O–H groups in total. The van der Waals surface area contributed by atoms with Crippen LogP contribution in [0.25, 0.3) is 0 Å². The van der Waals surface area contributed by atoms with E-state index in [0.29, 0.717) is 5.75 Å². The molecule has 2 aromatic carbocycles. The number of nitrogens with zero attached hydrogens (tertiary/aromatic N) is 1. The molecule has 4 nitrogen and oxygen atoms in total. The number of ether oxygens (including phenoxy) is 1. The van der Waals surface area contributed by atoms with Gasteiger partial charge >= 0.3 is 0 Å². The van der Waals surface area contributed by atoms with Crippen LogP contribution in [0.1, 0.15) is 16.7 Å². The molecule has 0 radical (unpaired) electrons. The minimum Gasteiger partial charge on any atom is -0.496 e. The van der Waals surface area contributed by atoms with Crippen LogP contribution in [0.3, 0.4) is 0 Å². The van der Waals surface area contributed by atoms with Crippen molar-refractivity contribution in [3.63, 3.8) is 0 Å². The summed E-state index contributed by atoms with van der Waals surface area (Å²) < 4.78 is 5.26. The lowest BCUT2D eigenvalue weighted by molar-refractivity contribution is -0.118. The molecular weight excluding hydrogens is 308 g/mol. The fraction of sp³-hybridized carbons (Fsp3) is 0.222. The summed E-state index contributed by atoms with van der Waals surface area (Å²) in [6.45, 7) is 4.01. The first-order chi connectivity index (χ1) is 11.1. The van der Waals surface area contributed by atoms with Crippen molar-refractivity contribution in [3.05, 3.63) is 59.2 Å². The molecule has 0 aliphatic heterocycles. The molecule has 0 aliphatic rings. The first-order valence-electron chi connectivity index (χ1n) is 7.25. The van der Waals surface area contributed by atoms with Gasteiger partial charge in [-0.15, -0.1) is 11.8 Å². The number of benzene rings is 2. The van der Waals surface area contributed by atoms with Gasteiger partial charge in [-0.05, 0) is 42.7 Å². The molecule has 0 aliphatic carbocycles. The van der Waals surface area contributed by atoms with Gasteiger partial charge in [0.15, 0.2) is 0 Å². The van der Waals surface area contributed by atoms with Gasteiger partial charge in [-0.3, -0.25) is 4.79 Å². The first-order valence-corrected chi connectivity index (χ1v) is 8.23. The summed E-state index contributed by atoms with van der Waals surface area (Å²) >= 11 is 1.50. The average Bonchev–Trinajstić information content (AvgIpc) is 2.55. The SMILES string of the molecule is COc1cc(C=NNC(=O)CSc2ccccc2C)ccc1C. The number of rotatable bonds is 6. The third kappa shape index (κ3) is 5.14. The fourth-order valence-corrected chi connectivity index (χ4v) is 2.81. The van der Waals surface area contributed by atoms with E-state index in [1.54, 1.807) is 13.3 Å².